The van der Waals surface area contributed by atoms with E-state index in [1.165, 1.54) is 17.7 Å². The Balaban J connectivity index is 0.00000342. The molecule has 35 heavy (non-hydrogen) atoms. The summed E-state index contributed by atoms with van der Waals surface area (Å²) in [5.41, 5.74) is 2.10. The monoisotopic (exact) mass is 497 g/mol. The molecule has 184 valence electrons. The van der Waals surface area contributed by atoms with Gasteiger partial charge in [-0.15, -0.1) is 12.4 Å². The maximum atomic E-state index is 12.3. The third-order valence-electron chi connectivity index (χ3n) is 5.96. The molecule has 9 nitrogen and oxygen atoms in total. The van der Waals surface area contributed by atoms with E-state index in [4.69, 9.17) is 4.52 Å². The van der Waals surface area contributed by atoms with Crippen molar-refractivity contribution >= 4 is 36.2 Å². The van der Waals surface area contributed by atoms with Crippen LogP contribution in [0.5, 0.6) is 0 Å². The molecule has 4 rings (SSSR count). The van der Waals surface area contributed by atoms with E-state index in [1.807, 2.05) is 6.07 Å². The second-order valence-corrected chi connectivity index (χ2v) is 8.39. The average molecular weight is 498 g/mol. The smallest absolute Gasteiger partial charge is 0.292 e. The van der Waals surface area contributed by atoms with Crippen molar-refractivity contribution in [3.05, 3.63) is 87.6 Å². The topological polar surface area (TPSA) is 114 Å². The minimum atomic E-state index is -0.453. The van der Waals surface area contributed by atoms with Crippen LogP contribution in [0.3, 0.4) is 0 Å². The van der Waals surface area contributed by atoms with Gasteiger partial charge in [0.1, 0.15) is 0 Å². The molecule has 1 fully saturated rings. The summed E-state index contributed by atoms with van der Waals surface area (Å²) < 4.78 is 5.10. The summed E-state index contributed by atoms with van der Waals surface area (Å²) in [4.78, 5) is 29.2. The second kappa shape index (κ2) is 12.8. The standard InChI is InChI=1S/C25H27N5O4.ClH/c31-25(24-27-23(34-28-24)11-8-19-6-9-22(10-7-19)30(32)33)26-15-12-20-13-16-29(17-14-20)18-21-4-2-1-3-5-21;/h1-11,20H,12-18H2,(H,26,31);1H. The van der Waals surface area contributed by atoms with Crippen LogP contribution >= 0.6 is 12.4 Å². The maximum Gasteiger partial charge on any atom is 0.292 e. The molecule has 0 radical (unpaired) electrons. The van der Waals surface area contributed by atoms with Crippen molar-refractivity contribution in [2.24, 2.45) is 5.92 Å². The Morgan fingerprint density at radius 3 is 2.51 bits per heavy atom. The van der Waals surface area contributed by atoms with Crippen molar-refractivity contribution in [3.63, 3.8) is 0 Å². The molecule has 1 aromatic heterocycles. The summed E-state index contributed by atoms with van der Waals surface area (Å²) in [5.74, 6) is 0.411. The van der Waals surface area contributed by atoms with Crippen molar-refractivity contribution in [1.82, 2.24) is 20.4 Å². The van der Waals surface area contributed by atoms with Crippen LogP contribution in [-0.4, -0.2) is 45.5 Å². The van der Waals surface area contributed by atoms with Gasteiger partial charge >= 0.3 is 0 Å². The first-order valence-electron chi connectivity index (χ1n) is 11.4. The van der Waals surface area contributed by atoms with Gasteiger partial charge in [-0.05, 0) is 67.6 Å². The fourth-order valence-corrected chi connectivity index (χ4v) is 4.01. The molecule has 1 saturated heterocycles. The Kier molecular flexibility index (Phi) is 9.51. The Morgan fingerprint density at radius 2 is 1.83 bits per heavy atom. The number of carbonyl (C=O) groups excluding carboxylic acids is 1. The van der Waals surface area contributed by atoms with Crippen LogP contribution in [0.2, 0.25) is 0 Å². The van der Waals surface area contributed by atoms with Crippen molar-refractivity contribution in [2.45, 2.75) is 25.8 Å². The van der Waals surface area contributed by atoms with E-state index in [0.717, 1.165) is 44.5 Å². The maximum absolute atomic E-state index is 12.3. The minimum absolute atomic E-state index is 0. The Labute approximate surface area is 209 Å². The van der Waals surface area contributed by atoms with Gasteiger partial charge in [0.05, 0.1) is 4.92 Å². The van der Waals surface area contributed by atoms with Crippen LogP contribution in [0.1, 0.15) is 46.9 Å². The van der Waals surface area contributed by atoms with E-state index in [-0.39, 0.29) is 35.7 Å². The summed E-state index contributed by atoms with van der Waals surface area (Å²) in [7, 11) is 0. The Hall–Kier alpha value is -3.56. The van der Waals surface area contributed by atoms with Crippen molar-refractivity contribution in [2.75, 3.05) is 19.6 Å². The first-order chi connectivity index (χ1) is 16.6. The van der Waals surface area contributed by atoms with E-state index in [0.29, 0.717) is 12.5 Å². The lowest BCUT2D eigenvalue weighted by Gasteiger charge is -2.32. The van der Waals surface area contributed by atoms with Gasteiger partial charge in [0.15, 0.2) is 0 Å². The molecule has 2 aromatic carbocycles. The predicted octanol–water partition coefficient (Wildman–Crippen LogP) is 4.60. The number of aromatic nitrogens is 2. The summed E-state index contributed by atoms with van der Waals surface area (Å²) in [6.45, 7) is 3.71. The molecular weight excluding hydrogens is 470 g/mol. The van der Waals surface area contributed by atoms with Gasteiger partial charge in [-0.3, -0.25) is 19.8 Å². The quantitative estimate of drug-likeness (QED) is 0.339. The van der Waals surface area contributed by atoms with Gasteiger partial charge in [-0.2, -0.15) is 4.98 Å². The number of piperidine rings is 1. The van der Waals surface area contributed by atoms with E-state index in [1.54, 1.807) is 24.3 Å². The van der Waals surface area contributed by atoms with Gasteiger partial charge < -0.3 is 9.84 Å². The first-order valence-corrected chi connectivity index (χ1v) is 11.4. The van der Waals surface area contributed by atoms with E-state index in [9.17, 15) is 14.9 Å². The highest BCUT2D eigenvalue weighted by atomic mass is 35.5. The van der Waals surface area contributed by atoms with E-state index in [2.05, 4.69) is 44.6 Å². The molecule has 1 aliphatic rings. The molecule has 10 heteroatoms. The number of amides is 1. The largest absolute Gasteiger partial charge is 0.349 e. The van der Waals surface area contributed by atoms with Gasteiger partial charge in [-0.1, -0.05) is 35.5 Å². The number of nitro benzene ring substituents is 1. The molecule has 0 bridgehead atoms. The highest BCUT2D eigenvalue weighted by Gasteiger charge is 2.20. The van der Waals surface area contributed by atoms with Gasteiger partial charge in [0, 0.05) is 31.3 Å². The third-order valence-corrected chi connectivity index (χ3v) is 5.96. The van der Waals surface area contributed by atoms with Crippen molar-refractivity contribution in [1.29, 1.82) is 0 Å². The number of hydrogen-bond donors (Lipinski definition) is 1. The van der Waals surface area contributed by atoms with Gasteiger partial charge in [-0.25, -0.2) is 0 Å². The zero-order valence-electron chi connectivity index (χ0n) is 19.2. The van der Waals surface area contributed by atoms with Crippen LogP contribution < -0.4 is 5.32 Å². The lowest BCUT2D eigenvalue weighted by atomic mass is 9.93. The number of rotatable bonds is 9. The number of hydrogen-bond acceptors (Lipinski definition) is 7. The molecule has 0 aliphatic carbocycles. The average Bonchev–Trinajstić information content (AvgIpc) is 3.34. The zero-order chi connectivity index (χ0) is 23.8. The lowest BCUT2D eigenvalue weighted by molar-refractivity contribution is -0.384. The molecular formula is C25H28ClN5O4. The molecule has 3 aromatic rings. The van der Waals surface area contributed by atoms with E-state index >= 15 is 0 Å². The summed E-state index contributed by atoms with van der Waals surface area (Å²) in [6, 6.07) is 16.6. The molecule has 1 amide bonds. The van der Waals surface area contributed by atoms with E-state index < -0.39 is 4.92 Å². The predicted molar refractivity (Wildman–Crippen MR) is 135 cm³/mol. The number of carbonyl (C=O) groups is 1. The highest BCUT2D eigenvalue weighted by Crippen LogP contribution is 2.21. The van der Waals surface area contributed by atoms with Crippen LogP contribution in [0.15, 0.2) is 59.1 Å². The number of non-ortho nitro benzene ring substituents is 1. The van der Waals surface area contributed by atoms with Crippen LogP contribution in [0.4, 0.5) is 5.69 Å². The van der Waals surface area contributed by atoms with Crippen LogP contribution in [0.25, 0.3) is 12.2 Å². The zero-order valence-corrected chi connectivity index (χ0v) is 20.0. The highest BCUT2D eigenvalue weighted by molar-refractivity contribution is 5.90. The van der Waals surface area contributed by atoms with Crippen LogP contribution in [0, 0.1) is 16.0 Å². The number of nitrogens with zero attached hydrogens (tertiary/aromatic N) is 4. The SMILES string of the molecule is Cl.O=C(NCCC1CCN(Cc2ccccc2)CC1)c1noc(C=Cc2ccc([N+](=O)[O-])cc2)n1. The molecule has 0 spiro atoms. The number of likely N-dealkylation sites (tertiary alicyclic amines) is 1. The third kappa shape index (κ3) is 7.73. The van der Waals surface area contributed by atoms with Crippen molar-refractivity contribution < 1.29 is 14.2 Å². The Morgan fingerprint density at radius 1 is 1.11 bits per heavy atom. The molecule has 1 N–H and O–H groups in total. The molecule has 2 heterocycles. The van der Waals surface area contributed by atoms with Gasteiger partial charge in [0.25, 0.3) is 23.3 Å². The summed E-state index contributed by atoms with van der Waals surface area (Å²) in [6.07, 6.45) is 6.43. The molecule has 0 atom stereocenters. The number of halogens is 1. The Bertz CT molecular complexity index is 1130. The number of benzene rings is 2. The molecule has 1 aliphatic heterocycles. The molecule has 0 saturated carbocycles. The summed E-state index contributed by atoms with van der Waals surface area (Å²) >= 11 is 0. The molecule has 0 unspecified atom stereocenters. The van der Waals surface area contributed by atoms with Crippen molar-refractivity contribution in [3.8, 4) is 0 Å². The first kappa shape index (κ1) is 26.1. The normalized spacial score (nSPS) is 14.5. The van der Waals surface area contributed by atoms with Gasteiger partial charge in [0.2, 0.25) is 0 Å². The number of nitro groups is 1. The fourth-order valence-electron chi connectivity index (χ4n) is 4.01. The minimum Gasteiger partial charge on any atom is -0.349 e. The number of nitrogens with one attached hydrogen (secondary N) is 1. The fraction of sp³-hybridized carbons (Fsp3) is 0.320. The summed E-state index contributed by atoms with van der Waals surface area (Å²) in [5, 5.41) is 17.3. The lowest BCUT2D eigenvalue weighted by Crippen LogP contribution is -2.35. The second-order valence-electron chi connectivity index (χ2n) is 8.39. The van der Waals surface area contributed by atoms with Crippen LogP contribution in [-0.2, 0) is 6.54 Å².